The second-order valence-corrected chi connectivity index (χ2v) is 6.86. The summed E-state index contributed by atoms with van der Waals surface area (Å²) in [5, 5.41) is 6.87. The summed E-state index contributed by atoms with van der Waals surface area (Å²) < 4.78 is 0. The van der Waals surface area contributed by atoms with Crippen molar-refractivity contribution >= 4 is 23.3 Å². The molecule has 2 aliphatic heterocycles. The van der Waals surface area contributed by atoms with Crippen LogP contribution in [-0.4, -0.2) is 30.3 Å². The third-order valence-electron chi connectivity index (χ3n) is 5.04. The molecule has 0 aromatic heterocycles. The average molecular weight is 321 g/mol. The number of ketones is 1. The maximum Gasteiger partial charge on any atom is 0.235 e. The summed E-state index contributed by atoms with van der Waals surface area (Å²) in [6.45, 7) is 7.29. The third-order valence-corrected chi connectivity index (χ3v) is 5.62. The van der Waals surface area contributed by atoms with Crippen LogP contribution in [0.5, 0.6) is 0 Å². The summed E-state index contributed by atoms with van der Waals surface area (Å²) in [6.07, 6.45) is 1.32. The normalized spacial score (nSPS) is 23.9. The summed E-state index contributed by atoms with van der Waals surface area (Å²) in [5.41, 5.74) is 2.87. The Balaban J connectivity index is 2.08. The Labute approximate surface area is 135 Å². The quantitative estimate of drug-likeness (QED) is 0.780. The van der Waals surface area contributed by atoms with Crippen molar-refractivity contribution in [2.75, 3.05) is 13.1 Å². The van der Waals surface area contributed by atoms with Gasteiger partial charge in [0.05, 0.1) is 0 Å². The molecule has 2 saturated heterocycles. The Morgan fingerprint density at radius 3 is 2.41 bits per heavy atom. The number of benzene rings is 1. The van der Waals surface area contributed by atoms with Gasteiger partial charge in [0.1, 0.15) is 11.5 Å². The van der Waals surface area contributed by atoms with Gasteiger partial charge in [-0.15, -0.1) is 0 Å². The van der Waals surface area contributed by atoms with Gasteiger partial charge in [-0.25, -0.2) is 0 Å². The fraction of sp³-hybridized carbons (Fsp3) is 0.529. The molecule has 2 fully saturated rings. The Kier molecular flexibility index (Phi) is 3.77. The van der Waals surface area contributed by atoms with Crippen molar-refractivity contribution < 1.29 is 9.59 Å². The number of carbonyl (C=O) groups excluding carboxylic acids is 2. The van der Waals surface area contributed by atoms with Gasteiger partial charge in [-0.1, -0.05) is 17.7 Å². The molecule has 2 heterocycles. The standard InChI is InChI=1S/C17H21ClN2O2/c1-9-8-10(2)14(18)11(3)12(9)13-15(21)17(20-16(13)22)4-6-19-7-5-17/h8,13,19H,4-7H2,1-3H3,(H,20,22). The first-order valence-electron chi connectivity index (χ1n) is 7.70. The van der Waals surface area contributed by atoms with Crippen molar-refractivity contribution in [1.29, 1.82) is 0 Å². The molecule has 2 aliphatic rings. The topological polar surface area (TPSA) is 58.2 Å². The van der Waals surface area contributed by atoms with Gasteiger partial charge < -0.3 is 10.6 Å². The van der Waals surface area contributed by atoms with Crippen LogP contribution in [0, 0.1) is 20.8 Å². The van der Waals surface area contributed by atoms with Crippen molar-refractivity contribution in [2.45, 2.75) is 45.1 Å². The number of carbonyl (C=O) groups is 2. The Morgan fingerprint density at radius 1 is 1.14 bits per heavy atom. The van der Waals surface area contributed by atoms with Gasteiger partial charge in [0, 0.05) is 5.02 Å². The zero-order valence-corrected chi connectivity index (χ0v) is 13.9. The Morgan fingerprint density at radius 2 is 1.77 bits per heavy atom. The number of aryl methyl sites for hydroxylation is 2. The molecule has 0 radical (unpaired) electrons. The van der Waals surface area contributed by atoms with E-state index in [0.29, 0.717) is 17.9 Å². The smallest absolute Gasteiger partial charge is 0.235 e. The van der Waals surface area contributed by atoms with Crippen LogP contribution in [0.25, 0.3) is 0 Å². The zero-order valence-electron chi connectivity index (χ0n) is 13.2. The van der Waals surface area contributed by atoms with Crippen molar-refractivity contribution in [3.63, 3.8) is 0 Å². The highest BCUT2D eigenvalue weighted by atomic mass is 35.5. The number of hydrogen-bond acceptors (Lipinski definition) is 3. The first-order valence-corrected chi connectivity index (χ1v) is 8.08. The van der Waals surface area contributed by atoms with Crippen molar-refractivity contribution in [2.24, 2.45) is 0 Å². The van der Waals surface area contributed by atoms with Gasteiger partial charge in [-0.3, -0.25) is 9.59 Å². The van der Waals surface area contributed by atoms with Gasteiger partial charge in [0.25, 0.3) is 0 Å². The van der Waals surface area contributed by atoms with E-state index in [1.165, 1.54) is 0 Å². The monoisotopic (exact) mass is 320 g/mol. The number of halogens is 1. The molecule has 22 heavy (non-hydrogen) atoms. The maximum absolute atomic E-state index is 13.0. The minimum Gasteiger partial charge on any atom is -0.343 e. The summed E-state index contributed by atoms with van der Waals surface area (Å²) >= 11 is 6.35. The molecule has 3 rings (SSSR count). The predicted octanol–water partition coefficient (Wildman–Crippen LogP) is 2.17. The van der Waals surface area contributed by atoms with Crippen LogP contribution in [0.3, 0.4) is 0 Å². The molecule has 1 unspecified atom stereocenters. The lowest BCUT2D eigenvalue weighted by atomic mass is 9.79. The van der Waals surface area contributed by atoms with E-state index >= 15 is 0 Å². The van der Waals surface area contributed by atoms with Crippen LogP contribution in [0.15, 0.2) is 6.07 Å². The molecule has 5 heteroatoms. The van der Waals surface area contributed by atoms with Crippen molar-refractivity contribution in [3.05, 3.63) is 33.3 Å². The molecule has 2 N–H and O–H groups in total. The zero-order chi connectivity index (χ0) is 16.1. The van der Waals surface area contributed by atoms with E-state index in [4.69, 9.17) is 11.6 Å². The van der Waals surface area contributed by atoms with E-state index in [-0.39, 0.29) is 11.7 Å². The Bertz CT molecular complexity index is 663. The highest BCUT2D eigenvalue weighted by Crippen LogP contribution is 2.39. The molecule has 1 aromatic rings. The molecule has 0 bridgehead atoms. The van der Waals surface area contributed by atoms with Gasteiger partial charge in [-0.05, 0) is 69.0 Å². The van der Waals surface area contributed by atoms with Crippen LogP contribution in [-0.2, 0) is 9.59 Å². The Hall–Kier alpha value is -1.39. The number of nitrogens with one attached hydrogen (secondary N) is 2. The number of amides is 1. The summed E-state index contributed by atoms with van der Waals surface area (Å²) in [6, 6.07) is 1.96. The summed E-state index contributed by atoms with van der Waals surface area (Å²) in [4.78, 5) is 25.6. The number of hydrogen-bond donors (Lipinski definition) is 2. The van der Waals surface area contributed by atoms with E-state index in [1.807, 2.05) is 26.8 Å². The predicted molar refractivity (Wildman–Crippen MR) is 86.4 cm³/mol. The SMILES string of the molecule is Cc1cc(C)c(C2C(=O)NC3(CCNCC3)C2=O)c(C)c1Cl. The molecule has 1 spiro atoms. The molecule has 1 atom stereocenters. The van der Waals surface area contributed by atoms with E-state index in [2.05, 4.69) is 10.6 Å². The van der Waals surface area contributed by atoms with Crippen molar-refractivity contribution in [1.82, 2.24) is 10.6 Å². The minimum atomic E-state index is -0.726. The maximum atomic E-state index is 13.0. The minimum absolute atomic E-state index is 0.00474. The average Bonchev–Trinajstić information content (AvgIpc) is 2.70. The van der Waals surface area contributed by atoms with E-state index < -0.39 is 11.5 Å². The van der Waals surface area contributed by atoms with Gasteiger partial charge >= 0.3 is 0 Å². The van der Waals surface area contributed by atoms with E-state index in [0.717, 1.165) is 35.3 Å². The lowest BCUT2D eigenvalue weighted by Gasteiger charge is -2.32. The second kappa shape index (κ2) is 5.36. The molecule has 1 aromatic carbocycles. The molecule has 1 amide bonds. The lowest BCUT2D eigenvalue weighted by Crippen LogP contribution is -2.53. The van der Waals surface area contributed by atoms with Crippen LogP contribution in [0.1, 0.15) is 41.0 Å². The highest BCUT2D eigenvalue weighted by molar-refractivity contribution is 6.32. The molecule has 118 valence electrons. The molecular formula is C17H21ClN2O2. The molecule has 0 aliphatic carbocycles. The number of Topliss-reactive ketones (excluding diaryl/α,β-unsaturated/α-hetero) is 1. The lowest BCUT2D eigenvalue weighted by molar-refractivity contribution is -0.125. The largest absolute Gasteiger partial charge is 0.343 e. The van der Waals surface area contributed by atoms with Crippen LogP contribution >= 0.6 is 11.6 Å². The van der Waals surface area contributed by atoms with Crippen LogP contribution < -0.4 is 10.6 Å². The summed E-state index contributed by atoms with van der Waals surface area (Å²) in [5.74, 6) is -0.903. The molecule has 4 nitrogen and oxygen atoms in total. The number of rotatable bonds is 1. The first kappa shape index (κ1) is 15.5. The van der Waals surface area contributed by atoms with Crippen LogP contribution in [0.2, 0.25) is 5.02 Å². The van der Waals surface area contributed by atoms with Gasteiger partial charge in [0.2, 0.25) is 5.91 Å². The van der Waals surface area contributed by atoms with Crippen LogP contribution in [0.4, 0.5) is 0 Å². The van der Waals surface area contributed by atoms with Gasteiger partial charge in [-0.2, -0.15) is 0 Å². The van der Waals surface area contributed by atoms with E-state index in [1.54, 1.807) is 0 Å². The molecular weight excluding hydrogens is 300 g/mol. The first-order chi connectivity index (χ1) is 10.4. The number of piperidine rings is 1. The highest BCUT2D eigenvalue weighted by Gasteiger charge is 2.53. The second-order valence-electron chi connectivity index (χ2n) is 6.48. The fourth-order valence-electron chi connectivity index (χ4n) is 3.87. The van der Waals surface area contributed by atoms with Crippen molar-refractivity contribution in [3.8, 4) is 0 Å². The fourth-order valence-corrected chi connectivity index (χ4v) is 4.03. The summed E-state index contributed by atoms with van der Waals surface area (Å²) in [7, 11) is 0. The molecule has 0 saturated carbocycles. The van der Waals surface area contributed by atoms with E-state index in [9.17, 15) is 9.59 Å². The third kappa shape index (κ3) is 2.17. The van der Waals surface area contributed by atoms with Gasteiger partial charge in [0.15, 0.2) is 5.78 Å².